The number of para-hydroxylation sites is 1. The van der Waals surface area contributed by atoms with Gasteiger partial charge in [0.2, 0.25) is 0 Å². The Morgan fingerprint density at radius 2 is 1.89 bits per heavy atom. The number of fused-ring (bicyclic) bond motifs is 1. The van der Waals surface area contributed by atoms with Crippen LogP contribution in [0, 0.1) is 5.82 Å². The number of aromatic nitrogens is 2. The lowest BCUT2D eigenvalue weighted by Gasteiger charge is -2.24. The highest BCUT2D eigenvalue weighted by Crippen LogP contribution is 2.32. The Kier molecular flexibility index (Phi) is 8.17. The van der Waals surface area contributed by atoms with Crippen LogP contribution in [0.3, 0.4) is 0 Å². The Labute approximate surface area is 205 Å². The second-order valence-electron chi connectivity index (χ2n) is 9.12. The summed E-state index contributed by atoms with van der Waals surface area (Å²) in [6.45, 7) is 7.45. The Morgan fingerprint density at radius 1 is 1.17 bits per heavy atom. The fourth-order valence-electron chi connectivity index (χ4n) is 3.77. The van der Waals surface area contributed by atoms with Gasteiger partial charge in [-0.2, -0.15) is 0 Å². The molecule has 1 heterocycles. The first-order chi connectivity index (χ1) is 16.5. The Hall–Kier alpha value is -2.98. The maximum Gasteiger partial charge on any atom is 0.326 e. The van der Waals surface area contributed by atoms with E-state index in [1.54, 1.807) is 43.5 Å². The molecular weight excluding hydrogens is 473 g/mol. The number of anilines is 1. The number of hydrogen-bond acceptors (Lipinski definition) is 6. The standard InChI is InChI=1S/C25H32FN3O5S/c1-6-9-22-27-24-20(28(22)17-23(30)34-25(2,3)4)12-8-13-21(24)29(14-15-33-5)35(31,32)19-11-7-10-18(26)16-19/h7-8,10-13,16H,6,9,14-15,17H2,1-5H3. The molecule has 190 valence electrons. The van der Waals surface area contributed by atoms with Gasteiger partial charge in [0.25, 0.3) is 10.0 Å². The predicted octanol–water partition coefficient (Wildman–Crippen LogP) is 4.31. The van der Waals surface area contributed by atoms with Crippen LogP contribution < -0.4 is 4.31 Å². The van der Waals surface area contributed by atoms with Gasteiger partial charge in [-0.15, -0.1) is 0 Å². The van der Waals surface area contributed by atoms with Gasteiger partial charge in [0.05, 0.1) is 29.3 Å². The molecule has 0 bridgehead atoms. The number of esters is 1. The average molecular weight is 506 g/mol. The number of rotatable bonds is 10. The lowest BCUT2D eigenvalue weighted by Crippen LogP contribution is -2.34. The molecule has 35 heavy (non-hydrogen) atoms. The van der Waals surface area contributed by atoms with Crippen molar-refractivity contribution in [3.8, 4) is 0 Å². The SMILES string of the molecule is CCCc1nc2c(N(CCOC)S(=O)(=O)c3cccc(F)c3)cccc2n1CC(=O)OC(C)(C)C. The zero-order valence-electron chi connectivity index (χ0n) is 20.7. The number of ether oxygens (including phenoxy) is 2. The van der Waals surface area contributed by atoms with E-state index in [9.17, 15) is 17.6 Å². The highest BCUT2D eigenvalue weighted by molar-refractivity contribution is 7.92. The summed E-state index contributed by atoms with van der Waals surface area (Å²) in [6, 6.07) is 10.0. The summed E-state index contributed by atoms with van der Waals surface area (Å²) in [5, 5.41) is 0. The molecule has 0 fully saturated rings. The number of nitrogens with zero attached hydrogens (tertiary/aromatic N) is 3. The summed E-state index contributed by atoms with van der Waals surface area (Å²) >= 11 is 0. The molecule has 0 radical (unpaired) electrons. The van der Waals surface area contributed by atoms with Crippen LogP contribution in [0.2, 0.25) is 0 Å². The van der Waals surface area contributed by atoms with Gasteiger partial charge in [0.15, 0.2) is 0 Å². The van der Waals surface area contributed by atoms with Gasteiger partial charge in [-0.1, -0.05) is 19.1 Å². The lowest BCUT2D eigenvalue weighted by atomic mass is 10.2. The summed E-state index contributed by atoms with van der Waals surface area (Å²) < 4.78 is 54.6. The van der Waals surface area contributed by atoms with Gasteiger partial charge in [-0.05, 0) is 57.5 Å². The van der Waals surface area contributed by atoms with Crippen molar-refractivity contribution < 1.29 is 27.1 Å². The molecule has 0 saturated heterocycles. The van der Waals surface area contributed by atoms with E-state index in [1.807, 2.05) is 6.92 Å². The fourth-order valence-corrected chi connectivity index (χ4v) is 5.26. The minimum absolute atomic E-state index is 0.00348. The van der Waals surface area contributed by atoms with Crippen molar-refractivity contribution in [2.75, 3.05) is 24.6 Å². The average Bonchev–Trinajstić information content (AvgIpc) is 3.10. The van der Waals surface area contributed by atoms with E-state index in [-0.39, 0.29) is 24.6 Å². The first-order valence-electron chi connectivity index (χ1n) is 11.4. The van der Waals surface area contributed by atoms with Crippen LogP contribution in [-0.4, -0.2) is 49.8 Å². The summed E-state index contributed by atoms with van der Waals surface area (Å²) in [7, 11) is -2.66. The van der Waals surface area contributed by atoms with Crippen LogP contribution in [0.1, 0.15) is 39.9 Å². The second-order valence-corrected chi connectivity index (χ2v) is 11.0. The summed E-state index contributed by atoms with van der Waals surface area (Å²) in [5.41, 5.74) is 0.716. The molecule has 10 heteroatoms. The van der Waals surface area contributed by atoms with E-state index in [0.29, 0.717) is 29.0 Å². The molecule has 0 saturated carbocycles. The monoisotopic (exact) mass is 505 g/mol. The van der Waals surface area contributed by atoms with Crippen molar-refractivity contribution in [3.63, 3.8) is 0 Å². The molecule has 2 aromatic carbocycles. The Bertz CT molecular complexity index is 1300. The van der Waals surface area contributed by atoms with Gasteiger partial charge in [0, 0.05) is 13.5 Å². The summed E-state index contributed by atoms with van der Waals surface area (Å²) in [4.78, 5) is 17.2. The highest BCUT2D eigenvalue weighted by atomic mass is 32.2. The third-order valence-corrected chi connectivity index (χ3v) is 6.98. The molecule has 0 amide bonds. The van der Waals surface area contributed by atoms with Crippen LogP contribution in [0.25, 0.3) is 11.0 Å². The van der Waals surface area contributed by atoms with Crippen molar-refractivity contribution in [2.45, 2.75) is 57.6 Å². The van der Waals surface area contributed by atoms with Gasteiger partial charge in [-0.25, -0.2) is 17.8 Å². The van der Waals surface area contributed by atoms with Crippen LogP contribution in [0.5, 0.6) is 0 Å². The van der Waals surface area contributed by atoms with E-state index in [2.05, 4.69) is 0 Å². The molecule has 0 unspecified atom stereocenters. The van der Waals surface area contributed by atoms with Gasteiger partial charge in [0.1, 0.15) is 29.3 Å². The van der Waals surface area contributed by atoms with Crippen molar-refractivity contribution in [1.29, 1.82) is 0 Å². The topological polar surface area (TPSA) is 90.7 Å². The van der Waals surface area contributed by atoms with Gasteiger partial charge in [-0.3, -0.25) is 9.10 Å². The molecule has 1 aromatic heterocycles. The van der Waals surface area contributed by atoms with Crippen LogP contribution in [-0.2, 0) is 37.3 Å². The highest BCUT2D eigenvalue weighted by Gasteiger charge is 2.29. The van der Waals surface area contributed by atoms with Gasteiger partial charge >= 0.3 is 5.97 Å². The molecule has 0 aliphatic rings. The molecular formula is C25H32FN3O5S. The van der Waals surface area contributed by atoms with Crippen molar-refractivity contribution >= 4 is 32.7 Å². The normalized spacial score (nSPS) is 12.2. The predicted molar refractivity (Wildman–Crippen MR) is 132 cm³/mol. The minimum Gasteiger partial charge on any atom is -0.459 e. The summed E-state index contributed by atoms with van der Waals surface area (Å²) in [6.07, 6.45) is 1.37. The Morgan fingerprint density at radius 3 is 2.51 bits per heavy atom. The van der Waals surface area contributed by atoms with Crippen molar-refractivity contribution in [1.82, 2.24) is 9.55 Å². The fraction of sp³-hybridized carbons (Fsp3) is 0.440. The maximum absolute atomic E-state index is 13.9. The maximum atomic E-state index is 13.9. The molecule has 3 rings (SSSR count). The smallest absolute Gasteiger partial charge is 0.326 e. The number of carbonyl (C=O) groups excluding carboxylic acids is 1. The van der Waals surface area contributed by atoms with E-state index in [0.717, 1.165) is 12.5 Å². The van der Waals surface area contributed by atoms with E-state index in [4.69, 9.17) is 14.5 Å². The minimum atomic E-state index is -4.13. The molecule has 0 spiro atoms. The zero-order valence-corrected chi connectivity index (χ0v) is 21.6. The van der Waals surface area contributed by atoms with Crippen molar-refractivity contribution in [3.05, 3.63) is 54.1 Å². The van der Waals surface area contributed by atoms with E-state index in [1.165, 1.54) is 29.6 Å². The number of imidazole rings is 1. The molecule has 0 N–H and O–H groups in total. The van der Waals surface area contributed by atoms with Crippen LogP contribution >= 0.6 is 0 Å². The third-order valence-electron chi connectivity index (χ3n) is 5.17. The van der Waals surface area contributed by atoms with Crippen LogP contribution in [0.4, 0.5) is 10.1 Å². The van der Waals surface area contributed by atoms with Gasteiger partial charge < -0.3 is 14.0 Å². The lowest BCUT2D eigenvalue weighted by molar-refractivity contribution is -0.155. The van der Waals surface area contributed by atoms with Crippen molar-refractivity contribution in [2.24, 2.45) is 0 Å². The number of halogens is 1. The largest absolute Gasteiger partial charge is 0.459 e. The second kappa shape index (κ2) is 10.7. The number of hydrogen-bond donors (Lipinski definition) is 0. The number of benzene rings is 2. The number of carbonyl (C=O) groups is 1. The quantitative estimate of drug-likeness (QED) is 0.382. The number of aryl methyl sites for hydroxylation is 1. The first-order valence-corrected chi connectivity index (χ1v) is 12.9. The first kappa shape index (κ1) is 26.6. The molecule has 3 aromatic rings. The zero-order chi connectivity index (χ0) is 25.8. The summed E-state index contributed by atoms with van der Waals surface area (Å²) in [5.74, 6) is -0.415. The molecule has 0 aliphatic carbocycles. The van der Waals surface area contributed by atoms with Crippen LogP contribution in [0.15, 0.2) is 47.4 Å². The Balaban J connectivity index is 2.16. The third kappa shape index (κ3) is 6.18. The molecule has 0 atom stereocenters. The van der Waals surface area contributed by atoms with E-state index >= 15 is 0 Å². The van der Waals surface area contributed by atoms with E-state index < -0.39 is 27.4 Å². The number of sulfonamides is 1. The molecule has 8 nitrogen and oxygen atoms in total. The number of methoxy groups -OCH3 is 1. The molecule has 0 aliphatic heterocycles.